The molecule has 0 bridgehead atoms. The van der Waals surface area contributed by atoms with Gasteiger partial charge in [-0.1, -0.05) is 6.92 Å². The molecule has 0 aromatic carbocycles. The Hall–Kier alpha value is -0.120. The van der Waals surface area contributed by atoms with Crippen molar-refractivity contribution in [2.75, 3.05) is 26.4 Å². The Morgan fingerprint density at radius 3 is 2.64 bits per heavy atom. The van der Waals surface area contributed by atoms with Crippen LogP contribution in [0.15, 0.2) is 0 Å². The maximum Gasteiger partial charge on any atom is 0.0704 e. The van der Waals surface area contributed by atoms with Gasteiger partial charge in [-0.15, -0.1) is 0 Å². The molecule has 0 aliphatic carbocycles. The van der Waals surface area contributed by atoms with E-state index in [9.17, 15) is 0 Å². The largest absolute Gasteiger partial charge is 0.394 e. The van der Waals surface area contributed by atoms with E-state index in [2.05, 4.69) is 6.92 Å². The SMILES string of the molecule is [CH2]C(CC)OCCOCCO. The number of hydrogen-bond acceptors (Lipinski definition) is 3. The van der Waals surface area contributed by atoms with Gasteiger partial charge in [-0.2, -0.15) is 0 Å². The number of rotatable bonds is 7. The van der Waals surface area contributed by atoms with Crippen LogP contribution in [0, 0.1) is 6.92 Å². The van der Waals surface area contributed by atoms with Crippen molar-refractivity contribution in [3.63, 3.8) is 0 Å². The molecule has 0 rings (SSSR count). The van der Waals surface area contributed by atoms with Crippen molar-refractivity contribution >= 4 is 0 Å². The van der Waals surface area contributed by atoms with Gasteiger partial charge in [0.05, 0.1) is 32.5 Å². The van der Waals surface area contributed by atoms with Gasteiger partial charge in [-0.05, 0) is 13.3 Å². The van der Waals surface area contributed by atoms with Gasteiger partial charge in [0.25, 0.3) is 0 Å². The molecule has 0 saturated heterocycles. The van der Waals surface area contributed by atoms with E-state index >= 15 is 0 Å². The van der Waals surface area contributed by atoms with Gasteiger partial charge in [0, 0.05) is 0 Å². The predicted molar refractivity (Wildman–Crippen MR) is 43.3 cm³/mol. The van der Waals surface area contributed by atoms with Crippen molar-refractivity contribution in [2.24, 2.45) is 0 Å². The van der Waals surface area contributed by atoms with Crippen molar-refractivity contribution in [3.8, 4) is 0 Å². The molecule has 0 amide bonds. The van der Waals surface area contributed by atoms with Gasteiger partial charge in [0.15, 0.2) is 0 Å². The average molecular weight is 161 g/mol. The van der Waals surface area contributed by atoms with Gasteiger partial charge in [-0.25, -0.2) is 0 Å². The molecular formula is C8H17O3. The third kappa shape index (κ3) is 7.78. The summed E-state index contributed by atoms with van der Waals surface area (Å²) in [5.41, 5.74) is 0. The molecule has 0 aromatic heterocycles. The molecule has 0 fully saturated rings. The normalized spacial score (nSPS) is 13.4. The molecule has 1 unspecified atom stereocenters. The van der Waals surface area contributed by atoms with Crippen LogP contribution < -0.4 is 0 Å². The molecule has 0 aliphatic heterocycles. The second-order valence-electron chi connectivity index (χ2n) is 2.24. The first kappa shape index (κ1) is 10.9. The van der Waals surface area contributed by atoms with E-state index in [1.807, 2.05) is 6.92 Å². The van der Waals surface area contributed by atoms with E-state index < -0.39 is 0 Å². The lowest BCUT2D eigenvalue weighted by Crippen LogP contribution is -2.13. The summed E-state index contributed by atoms with van der Waals surface area (Å²) < 4.78 is 10.2. The highest BCUT2D eigenvalue weighted by Gasteiger charge is 1.96. The quantitative estimate of drug-likeness (QED) is 0.556. The molecule has 0 aliphatic rings. The van der Waals surface area contributed by atoms with Gasteiger partial charge < -0.3 is 14.6 Å². The number of ether oxygens (including phenoxy) is 2. The van der Waals surface area contributed by atoms with Crippen molar-refractivity contribution in [3.05, 3.63) is 6.92 Å². The van der Waals surface area contributed by atoms with E-state index in [0.29, 0.717) is 19.8 Å². The second-order valence-corrected chi connectivity index (χ2v) is 2.24. The van der Waals surface area contributed by atoms with E-state index in [1.165, 1.54) is 0 Å². The van der Waals surface area contributed by atoms with Gasteiger partial charge in [-0.3, -0.25) is 0 Å². The highest BCUT2D eigenvalue weighted by atomic mass is 16.5. The summed E-state index contributed by atoms with van der Waals surface area (Å²) in [6, 6.07) is 0. The summed E-state index contributed by atoms with van der Waals surface area (Å²) in [5.74, 6) is 0. The van der Waals surface area contributed by atoms with E-state index in [-0.39, 0.29) is 12.7 Å². The Labute approximate surface area is 68.3 Å². The van der Waals surface area contributed by atoms with Crippen LogP contribution in [0.1, 0.15) is 13.3 Å². The third-order valence-corrected chi connectivity index (χ3v) is 1.27. The first-order valence-corrected chi connectivity index (χ1v) is 3.94. The van der Waals surface area contributed by atoms with Crippen LogP contribution in [-0.4, -0.2) is 37.6 Å². The molecule has 11 heavy (non-hydrogen) atoms. The van der Waals surface area contributed by atoms with Crippen LogP contribution in [0.25, 0.3) is 0 Å². The summed E-state index contributed by atoms with van der Waals surface area (Å²) in [7, 11) is 0. The van der Waals surface area contributed by atoms with E-state index in [0.717, 1.165) is 6.42 Å². The monoisotopic (exact) mass is 161 g/mol. The summed E-state index contributed by atoms with van der Waals surface area (Å²) in [6.45, 7) is 7.32. The molecule has 1 N–H and O–H groups in total. The first-order chi connectivity index (χ1) is 5.31. The predicted octanol–water partition coefficient (Wildman–Crippen LogP) is 0.625. The van der Waals surface area contributed by atoms with Gasteiger partial charge >= 0.3 is 0 Å². The molecule has 0 heterocycles. The van der Waals surface area contributed by atoms with Gasteiger partial charge in [0.2, 0.25) is 0 Å². The molecule has 0 spiro atoms. The molecule has 67 valence electrons. The maximum absolute atomic E-state index is 8.34. The molecule has 1 atom stereocenters. The standard InChI is InChI=1S/C8H17O3/c1-3-8(2)11-7-6-10-5-4-9/h8-9H,2-7H2,1H3. The summed E-state index contributed by atoms with van der Waals surface area (Å²) in [6.07, 6.45) is 0.979. The Morgan fingerprint density at radius 1 is 1.36 bits per heavy atom. The molecule has 3 heteroatoms. The number of aliphatic hydroxyl groups is 1. The van der Waals surface area contributed by atoms with Crippen LogP contribution in [-0.2, 0) is 9.47 Å². The average Bonchev–Trinajstić information content (AvgIpc) is 2.04. The zero-order valence-electron chi connectivity index (χ0n) is 7.08. The summed E-state index contributed by atoms with van der Waals surface area (Å²) in [4.78, 5) is 0. The lowest BCUT2D eigenvalue weighted by atomic mass is 10.3. The van der Waals surface area contributed by atoms with Crippen LogP contribution in [0.5, 0.6) is 0 Å². The fraction of sp³-hybridized carbons (Fsp3) is 0.875. The topological polar surface area (TPSA) is 38.7 Å². The second kappa shape index (κ2) is 7.98. The van der Waals surface area contributed by atoms with Crippen LogP contribution in [0.2, 0.25) is 0 Å². The van der Waals surface area contributed by atoms with Crippen molar-refractivity contribution in [1.29, 1.82) is 0 Å². The summed E-state index contributed by atoms with van der Waals surface area (Å²) in [5, 5.41) is 8.34. The van der Waals surface area contributed by atoms with Crippen LogP contribution in [0.3, 0.4) is 0 Å². The van der Waals surface area contributed by atoms with Crippen LogP contribution >= 0.6 is 0 Å². The minimum atomic E-state index is 0.0627. The number of aliphatic hydroxyl groups excluding tert-OH is 1. The molecule has 3 nitrogen and oxygen atoms in total. The Kier molecular flexibility index (Phi) is 7.89. The van der Waals surface area contributed by atoms with Crippen molar-refractivity contribution in [2.45, 2.75) is 19.4 Å². The molecule has 0 aromatic rings. The Balaban J connectivity index is 2.89. The Bertz CT molecular complexity index is 75.7. The lowest BCUT2D eigenvalue weighted by Gasteiger charge is -2.09. The number of hydrogen-bond donors (Lipinski definition) is 1. The highest BCUT2D eigenvalue weighted by Crippen LogP contribution is 1.93. The zero-order chi connectivity index (χ0) is 8.53. The Morgan fingerprint density at radius 2 is 2.09 bits per heavy atom. The summed E-state index contributed by atoms with van der Waals surface area (Å²) >= 11 is 0. The minimum Gasteiger partial charge on any atom is -0.394 e. The minimum absolute atomic E-state index is 0.0627. The maximum atomic E-state index is 8.34. The fourth-order valence-electron chi connectivity index (χ4n) is 0.558. The van der Waals surface area contributed by atoms with E-state index in [4.69, 9.17) is 14.6 Å². The highest BCUT2D eigenvalue weighted by molar-refractivity contribution is 4.55. The molecular weight excluding hydrogens is 144 g/mol. The molecule has 1 radical (unpaired) electrons. The lowest BCUT2D eigenvalue weighted by molar-refractivity contribution is 0.0116. The fourth-order valence-corrected chi connectivity index (χ4v) is 0.558. The zero-order valence-corrected chi connectivity index (χ0v) is 7.08. The first-order valence-electron chi connectivity index (χ1n) is 3.94. The van der Waals surface area contributed by atoms with Crippen molar-refractivity contribution in [1.82, 2.24) is 0 Å². The molecule has 0 saturated carbocycles. The third-order valence-electron chi connectivity index (χ3n) is 1.27. The van der Waals surface area contributed by atoms with Crippen LogP contribution in [0.4, 0.5) is 0 Å². The van der Waals surface area contributed by atoms with Crippen molar-refractivity contribution < 1.29 is 14.6 Å². The van der Waals surface area contributed by atoms with Gasteiger partial charge in [0.1, 0.15) is 0 Å². The smallest absolute Gasteiger partial charge is 0.0704 e. The van der Waals surface area contributed by atoms with E-state index in [1.54, 1.807) is 0 Å².